The second kappa shape index (κ2) is 5.41. The van der Waals surface area contributed by atoms with Crippen molar-refractivity contribution >= 4 is 12.1 Å². The number of hydrogen-bond donors (Lipinski definition) is 1. The normalized spacial score (nSPS) is 14.0. The molecule has 0 aliphatic rings. The molecule has 0 aliphatic carbocycles. The van der Waals surface area contributed by atoms with Gasteiger partial charge in [-0.1, -0.05) is 18.7 Å². The SMILES string of the molecule is C=CC(=CC)C(C)=N/N=C/N. The van der Waals surface area contributed by atoms with Crippen LogP contribution in [0, 0.1) is 0 Å². The Morgan fingerprint density at radius 1 is 1.55 bits per heavy atom. The van der Waals surface area contributed by atoms with Crippen LogP contribution in [0.25, 0.3) is 0 Å². The van der Waals surface area contributed by atoms with E-state index >= 15 is 0 Å². The molecule has 0 saturated carbocycles. The summed E-state index contributed by atoms with van der Waals surface area (Å²) in [6.07, 6.45) is 4.79. The van der Waals surface area contributed by atoms with Crippen molar-refractivity contribution in [2.24, 2.45) is 15.9 Å². The maximum absolute atomic E-state index is 5.02. The summed E-state index contributed by atoms with van der Waals surface area (Å²) in [7, 11) is 0. The molecule has 0 bridgehead atoms. The van der Waals surface area contributed by atoms with Gasteiger partial charge in [0.25, 0.3) is 0 Å². The first-order chi connectivity index (χ1) is 5.26. The molecule has 60 valence electrons. The molecular weight excluding hydrogens is 138 g/mol. The third kappa shape index (κ3) is 3.35. The molecule has 0 unspecified atom stereocenters. The van der Waals surface area contributed by atoms with Crippen molar-refractivity contribution in [2.75, 3.05) is 0 Å². The van der Waals surface area contributed by atoms with Gasteiger partial charge in [0.2, 0.25) is 0 Å². The number of hydrogen-bond acceptors (Lipinski definition) is 2. The molecule has 0 amide bonds. The lowest BCUT2D eigenvalue weighted by atomic mass is 10.2. The van der Waals surface area contributed by atoms with E-state index in [9.17, 15) is 0 Å². The van der Waals surface area contributed by atoms with Crippen LogP contribution >= 0.6 is 0 Å². The molecule has 0 saturated heterocycles. The molecule has 0 fully saturated rings. The second-order valence-electron chi connectivity index (χ2n) is 1.90. The summed E-state index contributed by atoms with van der Waals surface area (Å²) in [6, 6.07) is 0. The van der Waals surface area contributed by atoms with Crippen LogP contribution in [-0.4, -0.2) is 12.1 Å². The van der Waals surface area contributed by atoms with Crippen molar-refractivity contribution in [2.45, 2.75) is 13.8 Å². The summed E-state index contributed by atoms with van der Waals surface area (Å²) in [6.45, 7) is 7.40. The summed E-state index contributed by atoms with van der Waals surface area (Å²) >= 11 is 0. The van der Waals surface area contributed by atoms with E-state index in [1.54, 1.807) is 6.08 Å². The van der Waals surface area contributed by atoms with E-state index in [4.69, 9.17) is 5.73 Å². The van der Waals surface area contributed by atoms with Gasteiger partial charge in [-0.2, -0.15) is 5.10 Å². The van der Waals surface area contributed by atoms with Crippen LogP contribution in [0.5, 0.6) is 0 Å². The topological polar surface area (TPSA) is 50.7 Å². The number of rotatable bonds is 3. The van der Waals surface area contributed by atoms with E-state index in [1.807, 2.05) is 19.9 Å². The fourth-order valence-corrected chi connectivity index (χ4v) is 0.652. The van der Waals surface area contributed by atoms with Gasteiger partial charge in [-0.25, -0.2) is 0 Å². The average Bonchev–Trinajstić information content (AvgIpc) is 2.03. The van der Waals surface area contributed by atoms with Crippen molar-refractivity contribution in [3.05, 3.63) is 24.3 Å². The van der Waals surface area contributed by atoms with Crippen LogP contribution in [0.15, 0.2) is 34.5 Å². The predicted molar refractivity (Wildman–Crippen MR) is 49.7 cm³/mol. The largest absolute Gasteiger partial charge is 0.388 e. The Hall–Kier alpha value is -1.38. The smallest absolute Gasteiger partial charge is 0.108 e. The molecule has 3 heteroatoms. The lowest BCUT2D eigenvalue weighted by Gasteiger charge is -1.95. The first-order valence-electron chi connectivity index (χ1n) is 3.33. The third-order valence-corrected chi connectivity index (χ3v) is 1.22. The molecule has 0 rings (SSSR count). The van der Waals surface area contributed by atoms with Gasteiger partial charge >= 0.3 is 0 Å². The molecule has 0 aromatic carbocycles. The monoisotopic (exact) mass is 151 g/mol. The molecular formula is C8H13N3. The summed E-state index contributed by atoms with van der Waals surface area (Å²) in [4.78, 5) is 0. The second-order valence-corrected chi connectivity index (χ2v) is 1.90. The minimum absolute atomic E-state index is 0.809. The summed E-state index contributed by atoms with van der Waals surface area (Å²) in [5.41, 5.74) is 6.79. The highest BCUT2D eigenvalue weighted by Gasteiger charge is 1.92. The van der Waals surface area contributed by atoms with Crippen LogP contribution in [0.3, 0.4) is 0 Å². The zero-order valence-corrected chi connectivity index (χ0v) is 6.91. The van der Waals surface area contributed by atoms with E-state index < -0.39 is 0 Å². The highest BCUT2D eigenvalue weighted by atomic mass is 15.2. The van der Waals surface area contributed by atoms with Crippen molar-refractivity contribution in [1.82, 2.24) is 0 Å². The van der Waals surface area contributed by atoms with Crippen LogP contribution in [0.1, 0.15) is 13.8 Å². The van der Waals surface area contributed by atoms with Crippen molar-refractivity contribution in [3.8, 4) is 0 Å². The van der Waals surface area contributed by atoms with Gasteiger partial charge in [-0.05, 0) is 19.4 Å². The number of nitrogens with two attached hydrogens (primary N) is 1. The molecule has 2 N–H and O–H groups in total. The quantitative estimate of drug-likeness (QED) is 0.282. The maximum atomic E-state index is 5.02. The van der Waals surface area contributed by atoms with E-state index in [-0.39, 0.29) is 0 Å². The standard InChI is InChI=1S/C8H13N3/c1-4-8(5-2)7(3)11-10-6-9/h4-6H,1H2,2-3H3,(H2,9,10). The highest BCUT2D eigenvalue weighted by Crippen LogP contribution is 1.98. The first kappa shape index (κ1) is 9.62. The van der Waals surface area contributed by atoms with Crippen LogP contribution in [-0.2, 0) is 0 Å². The molecule has 0 radical (unpaired) electrons. The Kier molecular flexibility index (Phi) is 4.73. The molecule has 11 heavy (non-hydrogen) atoms. The van der Waals surface area contributed by atoms with E-state index in [0.29, 0.717) is 0 Å². The Bertz CT molecular complexity index is 211. The third-order valence-electron chi connectivity index (χ3n) is 1.22. The average molecular weight is 151 g/mol. The van der Waals surface area contributed by atoms with E-state index in [2.05, 4.69) is 16.8 Å². The molecule has 0 atom stereocenters. The Balaban J connectivity index is 4.44. The summed E-state index contributed by atoms with van der Waals surface area (Å²) in [5.74, 6) is 0. The van der Waals surface area contributed by atoms with Crippen LogP contribution in [0.4, 0.5) is 0 Å². The van der Waals surface area contributed by atoms with Crippen LogP contribution < -0.4 is 5.73 Å². The molecule has 0 aliphatic heterocycles. The lowest BCUT2D eigenvalue weighted by Crippen LogP contribution is -1.94. The fraction of sp³-hybridized carbons (Fsp3) is 0.250. The molecule has 0 aromatic rings. The van der Waals surface area contributed by atoms with Gasteiger partial charge in [0.15, 0.2) is 0 Å². The summed E-state index contributed by atoms with van der Waals surface area (Å²) in [5, 5.41) is 7.35. The minimum atomic E-state index is 0.809. The lowest BCUT2D eigenvalue weighted by molar-refractivity contribution is 1.23. The summed E-state index contributed by atoms with van der Waals surface area (Å²) < 4.78 is 0. The van der Waals surface area contributed by atoms with Crippen molar-refractivity contribution in [1.29, 1.82) is 0 Å². The maximum Gasteiger partial charge on any atom is 0.108 e. The Morgan fingerprint density at radius 2 is 2.18 bits per heavy atom. The van der Waals surface area contributed by atoms with Gasteiger partial charge in [0.05, 0.1) is 5.71 Å². The molecule has 0 aromatic heterocycles. The highest BCUT2D eigenvalue weighted by molar-refractivity contribution is 6.00. The Labute approximate surface area is 67.0 Å². The van der Waals surface area contributed by atoms with Gasteiger partial charge in [-0.15, -0.1) is 5.10 Å². The first-order valence-corrected chi connectivity index (χ1v) is 3.33. The molecule has 0 spiro atoms. The molecule has 3 nitrogen and oxygen atoms in total. The predicted octanol–water partition coefficient (Wildman–Crippen LogP) is 1.48. The number of nitrogens with zero attached hydrogens (tertiary/aromatic N) is 2. The van der Waals surface area contributed by atoms with Crippen molar-refractivity contribution in [3.63, 3.8) is 0 Å². The van der Waals surface area contributed by atoms with Gasteiger partial charge in [0.1, 0.15) is 6.34 Å². The number of allylic oxidation sites excluding steroid dienone is 3. The van der Waals surface area contributed by atoms with Gasteiger partial charge in [-0.3, -0.25) is 0 Å². The zero-order valence-electron chi connectivity index (χ0n) is 6.91. The fourth-order valence-electron chi connectivity index (χ4n) is 0.652. The van der Waals surface area contributed by atoms with Gasteiger partial charge < -0.3 is 5.73 Å². The van der Waals surface area contributed by atoms with Gasteiger partial charge in [0, 0.05) is 0 Å². The Morgan fingerprint density at radius 3 is 2.55 bits per heavy atom. The van der Waals surface area contributed by atoms with E-state index in [0.717, 1.165) is 17.6 Å². The van der Waals surface area contributed by atoms with E-state index in [1.165, 1.54) is 0 Å². The van der Waals surface area contributed by atoms with Crippen molar-refractivity contribution < 1.29 is 0 Å². The van der Waals surface area contributed by atoms with Crippen LogP contribution in [0.2, 0.25) is 0 Å². The molecule has 0 heterocycles. The zero-order chi connectivity index (χ0) is 8.69. The minimum Gasteiger partial charge on any atom is -0.388 e.